The number of amides is 1. The van der Waals surface area contributed by atoms with Crippen LogP contribution in [0.15, 0.2) is 65.1 Å². The number of oxazole rings is 1. The van der Waals surface area contributed by atoms with Crippen LogP contribution in [0.2, 0.25) is 10.0 Å². The number of rotatable bonds is 4. The molecule has 0 aliphatic rings. The lowest BCUT2D eigenvalue weighted by Crippen LogP contribution is -2.12. The first-order valence-electron chi connectivity index (χ1n) is 8.35. The topological polar surface area (TPSA) is 64.4 Å². The molecule has 0 spiro atoms. The summed E-state index contributed by atoms with van der Waals surface area (Å²) in [7, 11) is 1.60. The number of aromatic nitrogens is 1. The van der Waals surface area contributed by atoms with Gasteiger partial charge >= 0.3 is 0 Å². The molecule has 4 aromatic rings. The number of benzene rings is 3. The van der Waals surface area contributed by atoms with Gasteiger partial charge in [-0.2, -0.15) is 0 Å². The largest absolute Gasteiger partial charge is 0.497 e. The highest BCUT2D eigenvalue weighted by molar-refractivity contribution is 6.37. The van der Waals surface area contributed by atoms with Crippen LogP contribution in [-0.4, -0.2) is 18.0 Å². The Kier molecular flexibility index (Phi) is 4.94. The summed E-state index contributed by atoms with van der Waals surface area (Å²) in [6, 6.07) is 17.4. The molecule has 28 heavy (non-hydrogen) atoms. The first kappa shape index (κ1) is 18.3. The predicted octanol–water partition coefficient (Wildman–Crippen LogP) is 6.06. The number of hydrogen-bond acceptors (Lipinski definition) is 4. The van der Waals surface area contributed by atoms with Crippen LogP contribution in [0.4, 0.5) is 5.69 Å². The van der Waals surface area contributed by atoms with Crippen molar-refractivity contribution in [2.45, 2.75) is 0 Å². The molecule has 0 unspecified atom stereocenters. The molecule has 0 aliphatic carbocycles. The first-order valence-corrected chi connectivity index (χ1v) is 9.10. The number of ether oxygens (including phenoxy) is 1. The van der Waals surface area contributed by atoms with Crippen molar-refractivity contribution in [2.24, 2.45) is 0 Å². The van der Waals surface area contributed by atoms with E-state index < -0.39 is 0 Å². The Morgan fingerprint density at radius 3 is 2.71 bits per heavy atom. The second kappa shape index (κ2) is 7.54. The normalized spacial score (nSPS) is 10.8. The Morgan fingerprint density at radius 1 is 1.07 bits per heavy atom. The Hall–Kier alpha value is -3.02. The molecule has 4 rings (SSSR count). The van der Waals surface area contributed by atoms with Crippen molar-refractivity contribution in [3.63, 3.8) is 0 Å². The number of fused-ring (bicyclic) bond motifs is 1. The molecule has 0 atom stereocenters. The van der Waals surface area contributed by atoms with Crippen molar-refractivity contribution in [1.82, 2.24) is 4.98 Å². The average Bonchev–Trinajstić information content (AvgIpc) is 3.11. The van der Waals surface area contributed by atoms with Crippen LogP contribution in [0.3, 0.4) is 0 Å². The molecule has 1 aromatic heterocycles. The lowest BCUT2D eigenvalue weighted by molar-refractivity contribution is 0.102. The molecule has 5 nitrogen and oxygen atoms in total. The van der Waals surface area contributed by atoms with Gasteiger partial charge in [-0.1, -0.05) is 29.3 Å². The van der Waals surface area contributed by atoms with Gasteiger partial charge < -0.3 is 14.5 Å². The van der Waals surface area contributed by atoms with Crippen molar-refractivity contribution in [3.05, 3.63) is 76.3 Å². The van der Waals surface area contributed by atoms with Crippen LogP contribution >= 0.6 is 23.2 Å². The standard InChI is InChI=1S/C21H14Cl2N2O3/c1-27-15-4-2-3-12(9-15)21-25-18-11-14(6-8-19(18)28-21)24-20(26)16-7-5-13(22)10-17(16)23/h2-11H,1H3,(H,24,26). The Balaban J connectivity index is 1.62. The summed E-state index contributed by atoms with van der Waals surface area (Å²) in [6.07, 6.45) is 0. The maximum Gasteiger partial charge on any atom is 0.257 e. The third-order valence-electron chi connectivity index (χ3n) is 4.14. The van der Waals surface area contributed by atoms with E-state index in [1.807, 2.05) is 24.3 Å². The Morgan fingerprint density at radius 2 is 1.93 bits per heavy atom. The highest BCUT2D eigenvalue weighted by Gasteiger charge is 2.13. The number of halogens is 2. The minimum atomic E-state index is -0.336. The number of nitrogens with one attached hydrogen (secondary N) is 1. The first-order chi connectivity index (χ1) is 13.5. The number of carbonyl (C=O) groups excluding carboxylic acids is 1. The van der Waals surface area contributed by atoms with E-state index in [1.165, 1.54) is 6.07 Å². The van der Waals surface area contributed by atoms with Gasteiger partial charge in [0.15, 0.2) is 5.58 Å². The van der Waals surface area contributed by atoms with Gasteiger partial charge in [-0.3, -0.25) is 4.79 Å². The number of hydrogen-bond donors (Lipinski definition) is 1. The van der Waals surface area contributed by atoms with Gasteiger partial charge in [0.1, 0.15) is 11.3 Å². The van der Waals surface area contributed by atoms with Crippen LogP contribution in [0.5, 0.6) is 5.75 Å². The van der Waals surface area contributed by atoms with Gasteiger partial charge in [-0.15, -0.1) is 0 Å². The average molecular weight is 413 g/mol. The number of nitrogens with zero attached hydrogens (tertiary/aromatic N) is 1. The summed E-state index contributed by atoms with van der Waals surface area (Å²) in [5, 5.41) is 3.56. The van der Waals surface area contributed by atoms with Gasteiger partial charge in [0, 0.05) is 16.3 Å². The monoisotopic (exact) mass is 412 g/mol. The Bertz CT molecular complexity index is 1190. The molecule has 7 heteroatoms. The zero-order valence-electron chi connectivity index (χ0n) is 14.7. The van der Waals surface area contributed by atoms with Crippen molar-refractivity contribution in [3.8, 4) is 17.2 Å². The van der Waals surface area contributed by atoms with Crippen molar-refractivity contribution in [2.75, 3.05) is 12.4 Å². The van der Waals surface area contributed by atoms with Gasteiger partial charge in [0.25, 0.3) is 5.91 Å². The Labute approximate surface area is 170 Å². The highest BCUT2D eigenvalue weighted by Crippen LogP contribution is 2.29. The van der Waals surface area contributed by atoms with Crippen LogP contribution < -0.4 is 10.1 Å². The lowest BCUT2D eigenvalue weighted by atomic mass is 10.2. The van der Waals surface area contributed by atoms with E-state index in [2.05, 4.69) is 10.3 Å². The van der Waals surface area contributed by atoms with Crippen molar-refractivity contribution < 1.29 is 13.9 Å². The molecule has 1 heterocycles. The molecule has 0 saturated carbocycles. The van der Waals surface area contributed by atoms with E-state index in [9.17, 15) is 4.79 Å². The minimum absolute atomic E-state index is 0.285. The van der Waals surface area contributed by atoms with Crippen LogP contribution in [0, 0.1) is 0 Å². The summed E-state index contributed by atoms with van der Waals surface area (Å²) in [6.45, 7) is 0. The zero-order valence-corrected chi connectivity index (χ0v) is 16.2. The van der Waals surface area contributed by atoms with Crippen LogP contribution in [0.1, 0.15) is 10.4 Å². The fourth-order valence-corrected chi connectivity index (χ4v) is 3.25. The number of methoxy groups -OCH3 is 1. The van der Waals surface area contributed by atoms with Crippen LogP contribution in [-0.2, 0) is 0 Å². The van der Waals surface area contributed by atoms with E-state index in [0.29, 0.717) is 39.0 Å². The molecule has 0 fully saturated rings. The maximum absolute atomic E-state index is 12.5. The van der Waals surface area contributed by atoms with Crippen molar-refractivity contribution >= 4 is 45.9 Å². The molecule has 3 aromatic carbocycles. The molecular weight excluding hydrogens is 399 g/mol. The smallest absolute Gasteiger partial charge is 0.257 e. The van der Waals surface area contributed by atoms with E-state index in [1.54, 1.807) is 37.4 Å². The number of anilines is 1. The van der Waals surface area contributed by atoms with E-state index >= 15 is 0 Å². The third kappa shape index (κ3) is 3.67. The minimum Gasteiger partial charge on any atom is -0.497 e. The molecule has 0 aliphatic heterocycles. The highest BCUT2D eigenvalue weighted by atomic mass is 35.5. The molecule has 1 N–H and O–H groups in total. The van der Waals surface area contributed by atoms with Gasteiger partial charge in [0.2, 0.25) is 5.89 Å². The lowest BCUT2D eigenvalue weighted by Gasteiger charge is -2.06. The predicted molar refractivity (Wildman–Crippen MR) is 110 cm³/mol. The summed E-state index contributed by atoms with van der Waals surface area (Å²) in [5.41, 5.74) is 2.95. The van der Waals surface area contributed by atoms with Crippen LogP contribution in [0.25, 0.3) is 22.6 Å². The van der Waals surface area contributed by atoms with E-state index in [4.69, 9.17) is 32.4 Å². The number of carbonyl (C=O) groups is 1. The molecule has 1 amide bonds. The molecule has 0 saturated heterocycles. The summed E-state index contributed by atoms with van der Waals surface area (Å²) in [5.74, 6) is 0.850. The summed E-state index contributed by atoms with van der Waals surface area (Å²) < 4.78 is 11.1. The fourth-order valence-electron chi connectivity index (χ4n) is 2.76. The second-order valence-electron chi connectivity index (χ2n) is 6.01. The van der Waals surface area contributed by atoms with Gasteiger partial charge in [-0.25, -0.2) is 4.98 Å². The quantitative estimate of drug-likeness (QED) is 0.442. The van der Waals surface area contributed by atoms with Crippen molar-refractivity contribution in [1.29, 1.82) is 0 Å². The molecular formula is C21H14Cl2N2O3. The summed E-state index contributed by atoms with van der Waals surface area (Å²) in [4.78, 5) is 17.0. The van der Waals surface area contributed by atoms with Gasteiger partial charge in [0.05, 0.1) is 17.7 Å². The fraction of sp³-hybridized carbons (Fsp3) is 0.0476. The summed E-state index contributed by atoms with van der Waals surface area (Å²) >= 11 is 12.0. The third-order valence-corrected chi connectivity index (χ3v) is 4.69. The molecule has 0 bridgehead atoms. The molecule has 140 valence electrons. The zero-order chi connectivity index (χ0) is 19.7. The van der Waals surface area contributed by atoms with Gasteiger partial charge in [-0.05, 0) is 54.6 Å². The molecule has 0 radical (unpaired) electrons. The SMILES string of the molecule is COc1cccc(-c2nc3cc(NC(=O)c4ccc(Cl)cc4Cl)ccc3o2)c1. The van der Waals surface area contributed by atoms with E-state index in [0.717, 1.165) is 5.56 Å². The van der Waals surface area contributed by atoms with E-state index in [-0.39, 0.29) is 10.9 Å². The maximum atomic E-state index is 12.5. The second-order valence-corrected chi connectivity index (χ2v) is 6.86.